The minimum Gasteiger partial charge on any atom is -0.488 e. The Hall–Kier alpha value is -3.37. The molecule has 0 radical (unpaired) electrons. The molecule has 0 fully saturated rings. The lowest BCUT2D eigenvalue weighted by Gasteiger charge is -2.09. The maximum absolute atomic E-state index is 11.9. The average molecular weight is 373 g/mol. The van der Waals surface area contributed by atoms with Crippen molar-refractivity contribution in [3.63, 3.8) is 0 Å². The predicted octanol–water partition coefficient (Wildman–Crippen LogP) is 4.16. The molecule has 2 N–H and O–H groups in total. The van der Waals surface area contributed by atoms with Gasteiger partial charge in [0, 0.05) is 17.7 Å². The van der Waals surface area contributed by atoms with Gasteiger partial charge in [0.1, 0.15) is 12.4 Å². The Morgan fingerprint density at radius 3 is 2.36 bits per heavy atom. The number of ether oxygens (including phenoxy) is 1. The lowest BCUT2D eigenvalue weighted by molar-refractivity contribution is 0.0945. The second kappa shape index (κ2) is 10.1. The zero-order chi connectivity index (χ0) is 19.6. The van der Waals surface area contributed by atoms with Crippen molar-refractivity contribution in [3.05, 3.63) is 101 Å². The van der Waals surface area contributed by atoms with Crippen LogP contribution in [0.25, 0.3) is 12.2 Å². The molecule has 0 bridgehead atoms. The minimum absolute atomic E-state index is 0.0711. The lowest BCUT2D eigenvalue weighted by atomic mass is 10.1. The standard InChI is InChI=1S/C24H23NO3/c26-17-16-25-24(27)22-14-11-19(12-15-22)10-13-21-8-4-5-9-23(21)28-18-20-6-2-1-3-7-20/h1-15,26H,16-18H2,(H,25,27)/b13-10+. The van der Waals surface area contributed by atoms with E-state index in [1.165, 1.54) is 0 Å². The van der Waals surface area contributed by atoms with E-state index in [2.05, 4.69) is 5.32 Å². The van der Waals surface area contributed by atoms with Crippen molar-refractivity contribution in [2.75, 3.05) is 13.2 Å². The Kier molecular flexibility index (Phi) is 6.99. The largest absolute Gasteiger partial charge is 0.488 e. The van der Waals surface area contributed by atoms with Crippen LogP contribution in [0, 0.1) is 0 Å². The molecule has 0 unspecified atom stereocenters. The van der Waals surface area contributed by atoms with Gasteiger partial charge in [-0.1, -0.05) is 72.8 Å². The van der Waals surface area contributed by atoms with Gasteiger partial charge in [0.25, 0.3) is 5.91 Å². The van der Waals surface area contributed by atoms with E-state index in [1.807, 2.05) is 78.9 Å². The van der Waals surface area contributed by atoms with Crippen molar-refractivity contribution in [1.29, 1.82) is 0 Å². The van der Waals surface area contributed by atoms with Crippen molar-refractivity contribution in [3.8, 4) is 5.75 Å². The summed E-state index contributed by atoms with van der Waals surface area (Å²) in [6.45, 7) is 0.696. The van der Waals surface area contributed by atoms with Crippen LogP contribution in [0.5, 0.6) is 5.75 Å². The lowest BCUT2D eigenvalue weighted by Crippen LogP contribution is -2.26. The average Bonchev–Trinajstić information content (AvgIpc) is 2.76. The van der Waals surface area contributed by atoms with Crippen molar-refractivity contribution < 1.29 is 14.6 Å². The molecule has 1 amide bonds. The molecule has 0 aromatic heterocycles. The molecular formula is C24H23NO3. The van der Waals surface area contributed by atoms with E-state index in [4.69, 9.17) is 9.84 Å². The highest BCUT2D eigenvalue weighted by atomic mass is 16.5. The number of nitrogens with one attached hydrogen (secondary N) is 1. The number of benzene rings is 3. The Labute approximate surface area is 165 Å². The molecule has 0 atom stereocenters. The summed E-state index contributed by atoms with van der Waals surface area (Å²) in [4.78, 5) is 11.9. The van der Waals surface area contributed by atoms with Crippen LogP contribution in [0.1, 0.15) is 27.0 Å². The first-order chi connectivity index (χ1) is 13.8. The SMILES string of the molecule is O=C(NCCO)c1ccc(/C=C/c2ccccc2OCc2ccccc2)cc1. The van der Waals surface area contributed by atoms with Gasteiger partial charge in [-0.25, -0.2) is 0 Å². The summed E-state index contributed by atoms with van der Waals surface area (Å²) in [7, 11) is 0. The number of rotatable bonds is 8. The molecule has 3 aromatic carbocycles. The fourth-order valence-electron chi connectivity index (χ4n) is 2.69. The van der Waals surface area contributed by atoms with Crippen LogP contribution in [0.3, 0.4) is 0 Å². The van der Waals surface area contributed by atoms with Crippen LogP contribution in [0.4, 0.5) is 0 Å². The third-order valence-electron chi connectivity index (χ3n) is 4.18. The molecule has 3 rings (SSSR count). The number of amides is 1. The highest BCUT2D eigenvalue weighted by Gasteiger charge is 2.04. The third kappa shape index (κ3) is 5.56. The van der Waals surface area contributed by atoms with Gasteiger partial charge in [-0.05, 0) is 29.3 Å². The van der Waals surface area contributed by atoms with Crippen molar-refractivity contribution in [2.45, 2.75) is 6.61 Å². The van der Waals surface area contributed by atoms with Gasteiger partial charge in [-0.15, -0.1) is 0 Å². The van der Waals surface area contributed by atoms with Crippen molar-refractivity contribution >= 4 is 18.1 Å². The van der Waals surface area contributed by atoms with Crippen LogP contribution in [-0.2, 0) is 6.61 Å². The van der Waals surface area contributed by atoms with Gasteiger partial charge < -0.3 is 15.2 Å². The maximum atomic E-state index is 11.9. The molecule has 28 heavy (non-hydrogen) atoms. The van der Waals surface area contributed by atoms with Crippen molar-refractivity contribution in [1.82, 2.24) is 5.32 Å². The molecule has 0 heterocycles. The topological polar surface area (TPSA) is 58.6 Å². The molecule has 142 valence electrons. The number of aliphatic hydroxyl groups is 1. The third-order valence-corrected chi connectivity index (χ3v) is 4.18. The Morgan fingerprint density at radius 2 is 1.61 bits per heavy atom. The fraction of sp³-hybridized carbons (Fsp3) is 0.125. The summed E-state index contributed by atoms with van der Waals surface area (Å²) in [6, 6.07) is 25.3. The number of carbonyl (C=O) groups is 1. The first-order valence-electron chi connectivity index (χ1n) is 9.19. The number of carbonyl (C=O) groups excluding carboxylic acids is 1. The summed E-state index contributed by atoms with van der Waals surface area (Å²) < 4.78 is 5.98. The fourth-order valence-corrected chi connectivity index (χ4v) is 2.69. The smallest absolute Gasteiger partial charge is 0.251 e. The zero-order valence-electron chi connectivity index (χ0n) is 15.5. The monoisotopic (exact) mass is 373 g/mol. The minimum atomic E-state index is -0.191. The van der Waals surface area contributed by atoms with Crippen LogP contribution < -0.4 is 10.1 Å². The highest BCUT2D eigenvalue weighted by molar-refractivity contribution is 5.94. The van der Waals surface area contributed by atoms with Gasteiger partial charge in [0.05, 0.1) is 6.61 Å². The molecule has 0 saturated carbocycles. The predicted molar refractivity (Wildman–Crippen MR) is 112 cm³/mol. The van der Waals surface area contributed by atoms with Crippen molar-refractivity contribution in [2.24, 2.45) is 0 Å². The van der Waals surface area contributed by atoms with E-state index in [0.29, 0.717) is 12.2 Å². The second-order valence-corrected chi connectivity index (χ2v) is 6.25. The molecule has 0 aliphatic carbocycles. The van der Waals surface area contributed by atoms with Gasteiger partial charge in [0.2, 0.25) is 0 Å². The quantitative estimate of drug-likeness (QED) is 0.583. The van der Waals surface area contributed by atoms with E-state index >= 15 is 0 Å². The van der Waals surface area contributed by atoms with Crippen LogP contribution in [0.2, 0.25) is 0 Å². The number of hydrogen-bond acceptors (Lipinski definition) is 3. The van der Waals surface area contributed by atoms with Gasteiger partial charge >= 0.3 is 0 Å². The van der Waals surface area contributed by atoms with E-state index in [1.54, 1.807) is 12.1 Å². The molecule has 3 aromatic rings. The maximum Gasteiger partial charge on any atom is 0.251 e. The molecule has 0 aliphatic heterocycles. The molecule has 0 spiro atoms. The first kappa shape index (κ1) is 19.4. The molecule has 4 heteroatoms. The number of aliphatic hydroxyl groups excluding tert-OH is 1. The molecule has 0 aliphatic rings. The Morgan fingerprint density at radius 1 is 0.893 bits per heavy atom. The van der Waals surface area contributed by atoms with E-state index < -0.39 is 0 Å². The zero-order valence-corrected chi connectivity index (χ0v) is 15.5. The number of para-hydroxylation sites is 1. The van der Waals surface area contributed by atoms with Gasteiger partial charge in [0.15, 0.2) is 0 Å². The van der Waals surface area contributed by atoms with Gasteiger partial charge in [-0.2, -0.15) is 0 Å². The Balaban J connectivity index is 1.66. The highest BCUT2D eigenvalue weighted by Crippen LogP contribution is 2.22. The first-order valence-corrected chi connectivity index (χ1v) is 9.19. The Bertz CT molecular complexity index is 918. The van der Waals surface area contributed by atoms with Crippen LogP contribution >= 0.6 is 0 Å². The summed E-state index contributed by atoms with van der Waals surface area (Å²) in [5.74, 6) is 0.631. The van der Waals surface area contributed by atoms with E-state index in [-0.39, 0.29) is 19.1 Å². The number of hydrogen-bond donors (Lipinski definition) is 2. The van der Waals surface area contributed by atoms with Crippen LogP contribution in [-0.4, -0.2) is 24.2 Å². The summed E-state index contributed by atoms with van der Waals surface area (Å²) >= 11 is 0. The van der Waals surface area contributed by atoms with Crippen LogP contribution in [0.15, 0.2) is 78.9 Å². The van der Waals surface area contributed by atoms with Gasteiger partial charge in [-0.3, -0.25) is 4.79 Å². The summed E-state index contributed by atoms with van der Waals surface area (Å²) in [6.07, 6.45) is 3.99. The molecule has 4 nitrogen and oxygen atoms in total. The van der Waals surface area contributed by atoms with E-state index in [0.717, 1.165) is 22.4 Å². The van der Waals surface area contributed by atoms with E-state index in [9.17, 15) is 4.79 Å². The molecular weight excluding hydrogens is 350 g/mol. The normalized spacial score (nSPS) is 10.8. The summed E-state index contributed by atoms with van der Waals surface area (Å²) in [5.41, 5.74) is 3.66. The second-order valence-electron chi connectivity index (χ2n) is 6.25. The summed E-state index contributed by atoms with van der Waals surface area (Å²) in [5, 5.41) is 11.4. The molecule has 0 saturated heterocycles.